The molecule has 2 aromatic carbocycles. The second kappa shape index (κ2) is 6.66. The van der Waals surface area contributed by atoms with Crippen LogP contribution in [-0.2, 0) is 18.3 Å². The van der Waals surface area contributed by atoms with Gasteiger partial charge in [-0.05, 0) is 61.4 Å². The first-order valence-corrected chi connectivity index (χ1v) is 11.7. The van der Waals surface area contributed by atoms with Crippen molar-refractivity contribution < 1.29 is 20.4 Å². The fraction of sp³-hybridized carbons (Fsp3) is 0.462. The number of piperidine rings is 1. The van der Waals surface area contributed by atoms with Gasteiger partial charge < -0.3 is 25.4 Å². The summed E-state index contributed by atoms with van der Waals surface area (Å²) in [7, 11) is 0. The van der Waals surface area contributed by atoms with Gasteiger partial charge in [0.05, 0.1) is 16.7 Å². The number of rotatable bonds is 2. The number of fused-ring (bicyclic) bond motifs is 4. The Morgan fingerprint density at radius 1 is 1.15 bits per heavy atom. The van der Waals surface area contributed by atoms with Crippen molar-refractivity contribution in [3.05, 3.63) is 58.8 Å². The smallest absolute Gasteiger partial charge is 0.166 e. The average molecular weight is 469 g/mol. The molecule has 0 amide bonds. The first-order chi connectivity index (χ1) is 15.1. The Labute approximate surface area is 198 Å². The Balaban J connectivity index is 0.00000103. The topological polar surface area (TPSA) is 100 Å². The lowest BCUT2D eigenvalue weighted by molar-refractivity contribution is -0.173. The third-order valence-electron chi connectivity index (χ3n) is 9.07. The van der Waals surface area contributed by atoms with Gasteiger partial charge in [-0.2, -0.15) is 0 Å². The summed E-state index contributed by atoms with van der Waals surface area (Å²) in [5, 5.41) is 24.6. The minimum absolute atomic E-state index is 0. The molecular formula is C26H29ClN2O4. The molecule has 5 N–H and O–H groups in total. The normalized spacial score (nSPS) is 32.9. The molecule has 1 spiro atoms. The molecule has 6 nitrogen and oxygen atoms in total. The van der Waals surface area contributed by atoms with Gasteiger partial charge in [0.15, 0.2) is 17.6 Å². The number of halogens is 1. The standard InChI is InChI=1S/C26H26N2O3.ClH.H2O/c29-19-8-7-15-11-20-26(30)12-17-16-3-1-2-4-18(16)27-22(17)24-25(26,21(15)23(19)31-24)9-10-28(20)13-14-5-6-14;;/h1-4,7-8,14,20,24,27,29-30H,5-6,9-13H2;1H;1H2/t20?,24-,25-,26?;;/m0../s1. The van der Waals surface area contributed by atoms with Crippen LogP contribution >= 0.6 is 12.4 Å². The number of nitrogens with zero attached hydrogens (tertiary/aromatic N) is 1. The Hall–Kier alpha value is -2.25. The summed E-state index contributed by atoms with van der Waals surface area (Å²) in [5.74, 6) is 1.58. The zero-order valence-corrected chi connectivity index (χ0v) is 19.1. The molecule has 3 aliphatic carbocycles. The molecule has 5 aliphatic rings. The van der Waals surface area contributed by atoms with E-state index in [1.807, 2.05) is 6.07 Å². The number of hydrogen-bond donors (Lipinski definition) is 3. The minimum atomic E-state index is -0.908. The number of phenols is 1. The van der Waals surface area contributed by atoms with Crippen LogP contribution in [0.25, 0.3) is 10.9 Å². The van der Waals surface area contributed by atoms with Gasteiger partial charge in [0.1, 0.15) is 0 Å². The van der Waals surface area contributed by atoms with Crippen LogP contribution in [0.4, 0.5) is 0 Å². The number of phenolic OH excluding ortho intramolecular Hbond substituents is 1. The van der Waals surface area contributed by atoms with E-state index in [1.54, 1.807) is 6.07 Å². The summed E-state index contributed by atoms with van der Waals surface area (Å²) in [6, 6.07) is 12.3. The second-order valence-corrected chi connectivity index (χ2v) is 10.5. The van der Waals surface area contributed by atoms with Crippen LogP contribution in [0, 0.1) is 5.92 Å². The predicted molar refractivity (Wildman–Crippen MR) is 127 cm³/mol. The van der Waals surface area contributed by atoms with Crippen molar-refractivity contribution in [3.8, 4) is 11.5 Å². The SMILES string of the molecule is Cl.O.Oc1ccc2c3c1O[C@H]1c4[nH]c5ccccc5c4CC4(O)C(C2)N(CC2CC2)CC[C@]314. The molecule has 2 bridgehead atoms. The van der Waals surface area contributed by atoms with E-state index in [-0.39, 0.29) is 35.8 Å². The number of aromatic amines is 1. The van der Waals surface area contributed by atoms with Crippen LogP contribution in [-0.4, -0.2) is 50.3 Å². The number of aromatic nitrogens is 1. The molecule has 0 radical (unpaired) electrons. The van der Waals surface area contributed by atoms with Gasteiger partial charge in [0.2, 0.25) is 0 Å². The lowest BCUT2D eigenvalue weighted by atomic mass is 9.49. The number of ether oxygens (including phenoxy) is 1. The summed E-state index contributed by atoms with van der Waals surface area (Å²) in [6.45, 7) is 2.07. The van der Waals surface area contributed by atoms with Crippen LogP contribution in [0.1, 0.15) is 47.8 Å². The molecule has 7 heteroatoms. The van der Waals surface area contributed by atoms with E-state index in [4.69, 9.17) is 4.74 Å². The van der Waals surface area contributed by atoms with Crippen LogP contribution in [0.5, 0.6) is 11.5 Å². The van der Waals surface area contributed by atoms with E-state index in [0.717, 1.165) is 48.6 Å². The summed E-state index contributed by atoms with van der Waals surface area (Å²) < 4.78 is 6.60. The number of hydrogen-bond acceptors (Lipinski definition) is 4. The number of H-pyrrole nitrogens is 1. The van der Waals surface area contributed by atoms with Gasteiger partial charge in [-0.3, -0.25) is 4.90 Å². The van der Waals surface area contributed by atoms with Crippen molar-refractivity contribution in [1.82, 2.24) is 9.88 Å². The van der Waals surface area contributed by atoms with Crippen molar-refractivity contribution in [3.63, 3.8) is 0 Å². The number of benzene rings is 2. The largest absolute Gasteiger partial charge is 0.504 e. The van der Waals surface area contributed by atoms with Gasteiger partial charge >= 0.3 is 0 Å². The lowest BCUT2D eigenvalue weighted by Gasteiger charge is -2.62. The Kier molecular flexibility index (Phi) is 4.30. The molecule has 1 aromatic heterocycles. The third kappa shape index (κ3) is 2.35. The first-order valence-electron chi connectivity index (χ1n) is 11.7. The highest BCUT2D eigenvalue weighted by molar-refractivity contribution is 5.86. The van der Waals surface area contributed by atoms with E-state index < -0.39 is 11.0 Å². The van der Waals surface area contributed by atoms with Gasteiger partial charge in [0.25, 0.3) is 0 Å². The highest BCUT2D eigenvalue weighted by Crippen LogP contribution is 2.69. The average Bonchev–Trinajstić information content (AvgIpc) is 3.40. The fourth-order valence-electron chi connectivity index (χ4n) is 7.57. The maximum absolute atomic E-state index is 12.7. The fourth-order valence-corrected chi connectivity index (χ4v) is 7.57. The van der Waals surface area contributed by atoms with E-state index in [0.29, 0.717) is 12.2 Å². The van der Waals surface area contributed by atoms with Crippen molar-refractivity contribution in [2.45, 2.75) is 55.3 Å². The first kappa shape index (κ1) is 21.3. The van der Waals surface area contributed by atoms with Gasteiger partial charge in [-0.15, -0.1) is 12.4 Å². The predicted octanol–water partition coefficient (Wildman–Crippen LogP) is 3.17. The number of aromatic hydroxyl groups is 1. The van der Waals surface area contributed by atoms with Crippen LogP contribution < -0.4 is 4.74 Å². The van der Waals surface area contributed by atoms with Gasteiger partial charge in [-0.25, -0.2) is 0 Å². The monoisotopic (exact) mass is 468 g/mol. The Morgan fingerprint density at radius 2 is 1.97 bits per heavy atom. The number of aliphatic hydroxyl groups is 1. The Bertz CT molecular complexity index is 1290. The molecular weight excluding hydrogens is 440 g/mol. The summed E-state index contributed by atoms with van der Waals surface area (Å²) in [5.41, 5.74) is 4.27. The van der Waals surface area contributed by atoms with E-state index in [2.05, 4.69) is 34.1 Å². The molecule has 2 unspecified atom stereocenters. The lowest BCUT2D eigenvalue weighted by Crippen LogP contribution is -2.74. The zero-order chi connectivity index (χ0) is 20.5. The molecule has 2 fully saturated rings. The Morgan fingerprint density at radius 3 is 2.79 bits per heavy atom. The molecule has 8 rings (SSSR count). The zero-order valence-electron chi connectivity index (χ0n) is 18.3. The summed E-state index contributed by atoms with van der Waals surface area (Å²) in [6.07, 6.45) is 4.66. The molecule has 3 heterocycles. The van der Waals surface area contributed by atoms with Crippen LogP contribution in [0.2, 0.25) is 0 Å². The molecule has 2 aliphatic heterocycles. The molecule has 1 saturated carbocycles. The highest BCUT2D eigenvalue weighted by atomic mass is 35.5. The van der Waals surface area contributed by atoms with Crippen molar-refractivity contribution >= 4 is 23.3 Å². The van der Waals surface area contributed by atoms with E-state index >= 15 is 0 Å². The number of nitrogens with one attached hydrogen (secondary N) is 1. The van der Waals surface area contributed by atoms with Crippen LogP contribution in [0.15, 0.2) is 36.4 Å². The van der Waals surface area contributed by atoms with Crippen molar-refractivity contribution in [2.75, 3.05) is 13.1 Å². The van der Waals surface area contributed by atoms with Gasteiger partial charge in [0, 0.05) is 35.5 Å². The van der Waals surface area contributed by atoms with Crippen molar-refractivity contribution in [1.29, 1.82) is 0 Å². The van der Waals surface area contributed by atoms with Gasteiger partial charge in [-0.1, -0.05) is 24.3 Å². The number of likely N-dealkylation sites (tertiary alicyclic amines) is 1. The quantitative estimate of drug-likeness (QED) is 0.537. The minimum Gasteiger partial charge on any atom is -0.504 e. The van der Waals surface area contributed by atoms with E-state index in [1.165, 1.54) is 29.4 Å². The molecule has 4 atom stereocenters. The van der Waals surface area contributed by atoms with Crippen molar-refractivity contribution in [2.24, 2.45) is 5.92 Å². The molecule has 174 valence electrons. The number of para-hydroxylation sites is 1. The second-order valence-electron chi connectivity index (χ2n) is 10.5. The highest BCUT2D eigenvalue weighted by Gasteiger charge is 2.72. The summed E-state index contributed by atoms with van der Waals surface area (Å²) >= 11 is 0. The van der Waals surface area contributed by atoms with Crippen LogP contribution in [0.3, 0.4) is 0 Å². The summed E-state index contributed by atoms with van der Waals surface area (Å²) in [4.78, 5) is 6.22. The maximum Gasteiger partial charge on any atom is 0.166 e. The molecule has 1 saturated heterocycles. The third-order valence-corrected chi connectivity index (χ3v) is 9.07. The molecule has 3 aromatic rings. The maximum atomic E-state index is 12.7. The molecule has 33 heavy (non-hydrogen) atoms. The van der Waals surface area contributed by atoms with E-state index in [9.17, 15) is 10.2 Å².